The third kappa shape index (κ3) is 1.60. The molecule has 0 bridgehead atoms. The average molecular weight is 222 g/mol. The van der Waals surface area contributed by atoms with Gasteiger partial charge in [0.1, 0.15) is 12.4 Å². The smallest absolute Gasteiger partial charge is 0.325 e. The van der Waals surface area contributed by atoms with Crippen molar-refractivity contribution in [3.8, 4) is 5.75 Å². The van der Waals surface area contributed by atoms with Crippen LogP contribution in [0.2, 0.25) is 0 Å². The van der Waals surface area contributed by atoms with E-state index in [1.807, 2.05) is 0 Å². The first kappa shape index (κ1) is 10.5. The van der Waals surface area contributed by atoms with Gasteiger partial charge in [-0.05, 0) is 23.3 Å². The second kappa shape index (κ2) is 3.84. The van der Waals surface area contributed by atoms with Gasteiger partial charge in [-0.15, -0.1) is 0 Å². The van der Waals surface area contributed by atoms with Crippen molar-refractivity contribution < 1.29 is 24.2 Å². The largest absolute Gasteiger partial charge is 0.497 e. The molecule has 0 radical (unpaired) electrons. The SMILES string of the molecule is COc1ccc2c(c1)C(C(=O)O)C(=O)OC2. The minimum absolute atomic E-state index is 0.113. The van der Waals surface area contributed by atoms with Gasteiger partial charge in [0.2, 0.25) is 0 Å². The number of carbonyl (C=O) groups excluding carboxylic acids is 1. The van der Waals surface area contributed by atoms with Gasteiger partial charge in [-0.25, -0.2) is 0 Å². The van der Waals surface area contributed by atoms with Crippen LogP contribution in [0.5, 0.6) is 5.75 Å². The molecule has 0 spiro atoms. The van der Waals surface area contributed by atoms with Gasteiger partial charge in [0.05, 0.1) is 7.11 Å². The van der Waals surface area contributed by atoms with E-state index in [1.54, 1.807) is 18.2 Å². The normalized spacial score (nSPS) is 18.6. The number of hydrogen-bond acceptors (Lipinski definition) is 4. The molecule has 1 aliphatic rings. The number of methoxy groups -OCH3 is 1. The van der Waals surface area contributed by atoms with Crippen molar-refractivity contribution in [1.82, 2.24) is 0 Å². The lowest BCUT2D eigenvalue weighted by Crippen LogP contribution is -2.28. The number of carboxylic acid groups (broad SMARTS) is 1. The maximum Gasteiger partial charge on any atom is 0.325 e. The van der Waals surface area contributed by atoms with E-state index in [9.17, 15) is 9.59 Å². The van der Waals surface area contributed by atoms with Crippen LogP contribution in [0.3, 0.4) is 0 Å². The number of carboxylic acids is 1. The Bertz CT molecular complexity index is 452. The molecule has 5 nitrogen and oxygen atoms in total. The summed E-state index contributed by atoms with van der Waals surface area (Å²) >= 11 is 0. The number of benzene rings is 1. The summed E-state index contributed by atoms with van der Waals surface area (Å²) in [5, 5.41) is 8.98. The maximum absolute atomic E-state index is 11.4. The summed E-state index contributed by atoms with van der Waals surface area (Å²) in [6, 6.07) is 4.97. The third-order valence-corrected chi connectivity index (χ3v) is 2.52. The Morgan fingerprint density at radius 2 is 2.31 bits per heavy atom. The summed E-state index contributed by atoms with van der Waals surface area (Å²) in [5.74, 6) is -2.66. The number of rotatable bonds is 2. The Kier molecular flexibility index (Phi) is 2.52. The molecule has 1 N–H and O–H groups in total. The molecule has 1 atom stereocenters. The number of hydrogen-bond donors (Lipinski definition) is 1. The van der Waals surface area contributed by atoms with Crippen LogP contribution in [0.4, 0.5) is 0 Å². The molecule has 0 saturated carbocycles. The van der Waals surface area contributed by atoms with Gasteiger partial charge in [0.15, 0.2) is 5.92 Å². The van der Waals surface area contributed by atoms with Gasteiger partial charge in [0.25, 0.3) is 0 Å². The molecule has 1 heterocycles. The average Bonchev–Trinajstić information content (AvgIpc) is 2.27. The van der Waals surface area contributed by atoms with Crippen LogP contribution < -0.4 is 4.74 Å². The van der Waals surface area contributed by atoms with Crippen molar-refractivity contribution in [2.75, 3.05) is 7.11 Å². The van der Waals surface area contributed by atoms with Crippen LogP contribution >= 0.6 is 0 Å². The lowest BCUT2D eigenvalue weighted by Gasteiger charge is -2.22. The number of esters is 1. The fourth-order valence-electron chi connectivity index (χ4n) is 1.69. The quantitative estimate of drug-likeness (QED) is 0.595. The Morgan fingerprint density at radius 3 is 2.94 bits per heavy atom. The summed E-state index contributed by atoms with van der Waals surface area (Å²) in [7, 11) is 1.48. The van der Waals surface area contributed by atoms with E-state index in [2.05, 4.69) is 0 Å². The third-order valence-electron chi connectivity index (χ3n) is 2.52. The van der Waals surface area contributed by atoms with Gasteiger partial charge in [-0.1, -0.05) is 6.07 Å². The molecule has 16 heavy (non-hydrogen) atoms. The van der Waals surface area contributed by atoms with Gasteiger partial charge in [-0.2, -0.15) is 0 Å². The van der Waals surface area contributed by atoms with E-state index < -0.39 is 17.9 Å². The molecular weight excluding hydrogens is 212 g/mol. The first-order valence-corrected chi connectivity index (χ1v) is 4.69. The Morgan fingerprint density at radius 1 is 1.56 bits per heavy atom. The molecule has 2 rings (SSSR count). The van der Waals surface area contributed by atoms with Crippen molar-refractivity contribution >= 4 is 11.9 Å². The van der Waals surface area contributed by atoms with Crippen LogP contribution in [0.15, 0.2) is 18.2 Å². The summed E-state index contributed by atoms with van der Waals surface area (Å²) in [6.45, 7) is 0.113. The number of ether oxygens (including phenoxy) is 2. The van der Waals surface area contributed by atoms with E-state index in [-0.39, 0.29) is 6.61 Å². The number of cyclic esters (lactones) is 1. The van der Waals surface area contributed by atoms with Gasteiger partial charge in [-0.3, -0.25) is 9.59 Å². The van der Waals surface area contributed by atoms with Crippen LogP contribution in [-0.4, -0.2) is 24.2 Å². The van der Waals surface area contributed by atoms with Crippen LogP contribution in [0, 0.1) is 0 Å². The molecule has 1 aromatic rings. The van der Waals surface area contributed by atoms with E-state index in [1.165, 1.54) is 7.11 Å². The predicted molar refractivity (Wildman–Crippen MR) is 53.2 cm³/mol. The van der Waals surface area contributed by atoms with Crippen LogP contribution in [-0.2, 0) is 20.9 Å². The monoisotopic (exact) mass is 222 g/mol. The second-order valence-electron chi connectivity index (χ2n) is 3.44. The van der Waals surface area contributed by atoms with Crippen LogP contribution in [0.25, 0.3) is 0 Å². The molecule has 0 aliphatic carbocycles. The Labute approximate surface area is 91.6 Å². The highest BCUT2D eigenvalue weighted by Gasteiger charge is 2.35. The molecule has 1 aromatic carbocycles. The van der Waals surface area contributed by atoms with Crippen LogP contribution in [0.1, 0.15) is 17.0 Å². The van der Waals surface area contributed by atoms with Crippen molar-refractivity contribution in [1.29, 1.82) is 0 Å². The highest BCUT2D eigenvalue weighted by molar-refractivity contribution is 6.01. The van der Waals surface area contributed by atoms with E-state index in [0.29, 0.717) is 16.9 Å². The van der Waals surface area contributed by atoms with Crippen molar-refractivity contribution in [3.05, 3.63) is 29.3 Å². The van der Waals surface area contributed by atoms with Gasteiger partial charge in [0, 0.05) is 0 Å². The summed E-state index contributed by atoms with van der Waals surface area (Å²) in [5.41, 5.74) is 1.15. The molecule has 1 aliphatic heterocycles. The summed E-state index contributed by atoms with van der Waals surface area (Å²) in [6.07, 6.45) is 0. The standard InChI is InChI=1S/C11H10O5/c1-15-7-3-2-6-5-16-11(14)9(10(12)13)8(6)4-7/h2-4,9H,5H2,1H3,(H,12,13). The zero-order valence-electron chi connectivity index (χ0n) is 8.60. The zero-order chi connectivity index (χ0) is 11.7. The highest BCUT2D eigenvalue weighted by atomic mass is 16.5. The fraction of sp³-hybridized carbons (Fsp3) is 0.273. The lowest BCUT2D eigenvalue weighted by molar-refractivity contribution is -0.156. The van der Waals surface area contributed by atoms with Crippen molar-refractivity contribution in [2.45, 2.75) is 12.5 Å². The molecule has 84 valence electrons. The minimum atomic E-state index is -1.25. The van der Waals surface area contributed by atoms with Gasteiger partial charge < -0.3 is 14.6 Å². The molecule has 0 aromatic heterocycles. The Hall–Kier alpha value is -2.04. The molecule has 0 saturated heterocycles. The predicted octanol–water partition coefficient (Wildman–Crippen LogP) is 0.920. The molecular formula is C11H10O5. The lowest BCUT2D eigenvalue weighted by atomic mass is 9.92. The molecule has 0 fully saturated rings. The zero-order valence-corrected chi connectivity index (χ0v) is 8.60. The van der Waals surface area contributed by atoms with E-state index in [4.69, 9.17) is 14.6 Å². The second-order valence-corrected chi connectivity index (χ2v) is 3.44. The minimum Gasteiger partial charge on any atom is -0.497 e. The van der Waals surface area contributed by atoms with E-state index in [0.717, 1.165) is 0 Å². The first-order valence-electron chi connectivity index (χ1n) is 4.69. The fourth-order valence-corrected chi connectivity index (χ4v) is 1.69. The molecule has 0 amide bonds. The van der Waals surface area contributed by atoms with E-state index >= 15 is 0 Å². The Balaban J connectivity index is 2.52. The first-order chi connectivity index (χ1) is 7.63. The number of carbonyl (C=O) groups is 2. The van der Waals surface area contributed by atoms with Gasteiger partial charge >= 0.3 is 11.9 Å². The topological polar surface area (TPSA) is 72.8 Å². The molecule has 5 heteroatoms. The molecule has 1 unspecified atom stereocenters. The number of aliphatic carboxylic acids is 1. The highest BCUT2D eigenvalue weighted by Crippen LogP contribution is 2.30. The summed E-state index contributed by atoms with van der Waals surface area (Å²) in [4.78, 5) is 22.3. The number of fused-ring (bicyclic) bond motifs is 1. The van der Waals surface area contributed by atoms with Crippen molar-refractivity contribution in [3.63, 3.8) is 0 Å². The summed E-state index contributed by atoms with van der Waals surface area (Å²) < 4.78 is 9.79. The maximum atomic E-state index is 11.4. The van der Waals surface area contributed by atoms with Crippen molar-refractivity contribution in [2.24, 2.45) is 0 Å².